The molecular weight excluding hydrogens is 252 g/mol. The Kier molecular flexibility index (Phi) is 4.29. The third kappa shape index (κ3) is 2.41. The molecule has 2 aliphatic rings. The van der Waals surface area contributed by atoms with Gasteiger partial charge < -0.3 is 9.47 Å². The van der Waals surface area contributed by atoms with Gasteiger partial charge in [-0.15, -0.1) is 0 Å². The molecule has 5 atom stereocenters. The van der Waals surface area contributed by atoms with Gasteiger partial charge in [-0.1, -0.05) is 39.3 Å². The summed E-state index contributed by atoms with van der Waals surface area (Å²) in [5.41, 5.74) is 1.36. The van der Waals surface area contributed by atoms with Crippen molar-refractivity contribution in [3.63, 3.8) is 0 Å². The maximum Gasteiger partial charge on any atom is 0.302 e. The van der Waals surface area contributed by atoms with Gasteiger partial charge >= 0.3 is 5.97 Å². The summed E-state index contributed by atoms with van der Waals surface area (Å²) in [4.78, 5) is 11.2. The SMILES string of the molecule is CC(=O)OC[C@@]12CO[C@H](C(C)C)[C@@H](C(C)=C[C@H]1C)[C@H]2C. The first-order valence-electron chi connectivity index (χ1n) is 7.73. The lowest BCUT2D eigenvalue weighted by molar-refractivity contribution is -0.186. The lowest BCUT2D eigenvalue weighted by Gasteiger charge is -2.56. The van der Waals surface area contributed by atoms with Crippen molar-refractivity contribution in [2.24, 2.45) is 29.1 Å². The molecule has 1 aliphatic heterocycles. The molecule has 2 bridgehead atoms. The molecule has 0 aromatic rings. The fourth-order valence-electron chi connectivity index (χ4n) is 4.15. The Morgan fingerprint density at radius 1 is 1.50 bits per heavy atom. The lowest BCUT2D eigenvalue weighted by Crippen LogP contribution is -2.57. The van der Waals surface area contributed by atoms with Crippen molar-refractivity contribution < 1.29 is 14.3 Å². The molecule has 114 valence electrons. The predicted molar refractivity (Wildman–Crippen MR) is 79.2 cm³/mol. The summed E-state index contributed by atoms with van der Waals surface area (Å²) in [6, 6.07) is 0. The summed E-state index contributed by atoms with van der Waals surface area (Å²) < 4.78 is 11.6. The normalized spacial score (nSPS) is 40.5. The summed E-state index contributed by atoms with van der Waals surface area (Å²) in [6.45, 7) is 13.8. The van der Waals surface area contributed by atoms with Crippen LogP contribution in [-0.2, 0) is 14.3 Å². The van der Waals surface area contributed by atoms with Crippen LogP contribution >= 0.6 is 0 Å². The maximum absolute atomic E-state index is 11.2. The Morgan fingerprint density at radius 3 is 2.70 bits per heavy atom. The van der Waals surface area contributed by atoms with E-state index in [-0.39, 0.29) is 17.5 Å². The molecule has 1 saturated heterocycles. The second-order valence-electron chi connectivity index (χ2n) is 7.05. The molecule has 0 amide bonds. The highest BCUT2D eigenvalue weighted by atomic mass is 16.5. The second-order valence-corrected chi connectivity index (χ2v) is 7.05. The standard InChI is InChI=1S/C17H28O3/c1-10(2)16-15-11(3)7-12(4)17(9-20-16,13(15)5)8-19-14(6)18/h7,10,12-13,15-16H,8-9H2,1-6H3/t12-,13-,15+,16-,17-/m1/s1. The van der Waals surface area contributed by atoms with Gasteiger partial charge in [0.1, 0.15) is 0 Å². The summed E-state index contributed by atoms with van der Waals surface area (Å²) in [6.07, 6.45) is 2.64. The molecule has 0 N–H and O–H groups in total. The van der Waals surface area contributed by atoms with Crippen LogP contribution in [0.15, 0.2) is 11.6 Å². The summed E-state index contributed by atoms with van der Waals surface area (Å²) in [5.74, 6) is 1.60. The quantitative estimate of drug-likeness (QED) is 0.587. The summed E-state index contributed by atoms with van der Waals surface area (Å²) in [5, 5.41) is 0. The van der Waals surface area contributed by atoms with Crippen LogP contribution in [0.1, 0.15) is 41.5 Å². The molecule has 0 spiro atoms. The monoisotopic (exact) mass is 280 g/mol. The molecule has 1 aliphatic carbocycles. The Morgan fingerprint density at radius 2 is 2.15 bits per heavy atom. The highest BCUT2D eigenvalue weighted by Gasteiger charge is 2.54. The first-order chi connectivity index (χ1) is 9.29. The molecule has 0 radical (unpaired) electrons. The van der Waals surface area contributed by atoms with E-state index in [4.69, 9.17) is 9.47 Å². The van der Waals surface area contributed by atoms with Crippen LogP contribution in [0.5, 0.6) is 0 Å². The Labute approximate surface area is 122 Å². The average Bonchev–Trinajstić information content (AvgIpc) is 2.34. The number of esters is 1. The molecule has 3 nitrogen and oxygen atoms in total. The topological polar surface area (TPSA) is 35.5 Å². The van der Waals surface area contributed by atoms with E-state index in [9.17, 15) is 4.79 Å². The molecule has 3 heteroatoms. The zero-order valence-corrected chi connectivity index (χ0v) is 13.6. The maximum atomic E-state index is 11.2. The van der Waals surface area contributed by atoms with Crippen molar-refractivity contribution in [2.75, 3.05) is 13.2 Å². The summed E-state index contributed by atoms with van der Waals surface area (Å²) >= 11 is 0. The van der Waals surface area contributed by atoms with E-state index in [0.29, 0.717) is 36.9 Å². The zero-order chi connectivity index (χ0) is 15.1. The van der Waals surface area contributed by atoms with E-state index in [1.807, 2.05) is 0 Å². The van der Waals surface area contributed by atoms with Crippen molar-refractivity contribution in [3.8, 4) is 0 Å². The molecule has 0 unspecified atom stereocenters. The van der Waals surface area contributed by atoms with Gasteiger partial charge in [0.05, 0.1) is 19.3 Å². The Bertz CT molecular complexity index is 412. The van der Waals surface area contributed by atoms with E-state index < -0.39 is 0 Å². The molecule has 0 aromatic heterocycles. The second kappa shape index (κ2) is 5.51. The number of carbonyl (C=O) groups is 1. The van der Waals surface area contributed by atoms with Crippen LogP contribution in [0, 0.1) is 29.1 Å². The van der Waals surface area contributed by atoms with E-state index in [1.165, 1.54) is 12.5 Å². The molecule has 0 aromatic carbocycles. The molecule has 2 rings (SSSR count). The number of carbonyl (C=O) groups excluding carboxylic acids is 1. The van der Waals surface area contributed by atoms with Crippen molar-refractivity contribution >= 4 is 5.97 Å². The minimum absolute atomic E-state index is 0.0682. The average molecular weight is 280 g/mol. The van der Waals surface area contributed by atoms with Crippen LogP contribution in [0.2, 0.25) is 0 Å². The van der Waals surface area contributed by atoms with Gasteiger partial charge in [-0.3, -0.25) is 4.79 Å². The van der Waals surface area contributed by atoms with Crippen LogP contribution in [0.25, 0.3) is 0 Å². The summed E-state index contributed by atoms with van der Waals surface area (Å²) in [7, 11) is 0. The van der Waals surface area contributed by atoms with Gasteiger partial charge in [-0.25, -0.2) is 0 Å². The van der Waals surface area contributed by atoms with E-state index in [1.54, 1.807) is 0 Å². The van der Waals surface area contributed by atoms with E-state index >= 15 is 0 Å². The minimum Gasteiger partial charge on any atom is -0.465 e. The Balaban J connectivity index is 2.33. The van der Waals surface area contributed by atoms with Gasteiger partial charge in [0, 0.05) is 18.3 Å². The van der Waals surface area contributed by atoms with Gasteiger partial charge in [-0.2, -0.15) is 0 Å². The first kappa shape index (κ1) is 15.6. The third-order valence-electron chi connectivity index (χ3n) is 5.49. The fraction of sp³-hybridized carbons (Fsp3) is 0.824. The minimum atomic E-state index is -0.201. The molecule has 1 heterocycles. The van der Waals surface area contributed by atoms with Crippen molar-refractivity contribution in [3.05, 3.63) is 11.6 Å². The number of hydrogen-bond acceptors (Lipinski definition) is 3. The predicted octanol–water partition coefficient (Wildman–Crippen LogP) is 3.44. The molecule has 20 heavy (non-hydrogen) atoms. The van der Waals surface area contributed by atoms with Crippen molar-refractivity contribution in [2.45, 2.75) is 47.6 Å². The number of hydrogen-bond donors (Lipinski definition) is 0. The first-order valence-corrected chi connectivity index (χ1v) is 7.73. The lowest BCUT2D eigenvalue weighted by atomic mass is 9.55. The van der Waals surface area contributed by atoms with Crippen molar-refractivity contribution in [1.29, 1.82) is 0 Å². The number of allylic oxidation sites excluding steroid dienone is 1. The molecule has 1 fully saturated rings. The third-order valence-corrected chi connectivity index (χ3v) is 5.49. The zero-order valence-electron chi connectivity index (χ0n) is 13.6. The number of fused-ring (bicyclic) bond motifs is 2. The van der Waals surface area contributed by atoms with Crippen LogP contribution in [-0.4, -0.2) is 25.3 Å². The highest BCUT2D eigenvalue weighted by molar-refractivity contribution is 5.65. The van der Waals surface area contributed by atoms with E-state index in [2.05, 4.69) is 40.7 Å². The van der Waals surface area contributed by atoms with Crippen LogP contribution < -0.4 is 0 Å². The molecular formula is C17H28O3. The largest absolute Gasteiger partial charge is 0.465 e. The van der Waals surface area contributed by atoms with Crippen LogP contribution in [0.3, 0.4) is 0 Å². The highest BCUT2D eigenvalue weighted by Crippen LogP contribution is 2.53. The van der Waals surface area contributed by atoms with Crippen molar-refractivity contribution in [1.82, 2.24) is 0 Å². The van der Waals surface area contributed by atoms with Gasteiger partial charge in [0.25, 0.3) is 0 Å². The van der Waals surface area contributed by atoms with Gasteiger partial charge in [0.15, 0.2) is 0 Å². The van der Waals surface area contributed by atoms with Gasteiger partial charge in [0.2, 0.25) is 0 Å². The van der Waals surface area contributed by atoms with Crippen LogP contribution in [0.4, 0.5) is 0 Å². The van der Waals surface area contributed by atoms with Gasteiger partial charge in [-0.05, 0) is 24.7 Å². The van der Waals surface area contributed by atoms with E-state index in [0.717, 1.165) is 0 Å². The Hall–Kier alpha value is -0.830. The smallest absolute Gasteiger partial charge is 0.302 e. The fourth-order valence-corrected chi connectivity index (χ4v) is 4.15. The number of rotatable bonds is 3. The molecule has 0 saturated carbocycles. The number of ether oxygens (including phenoxy) is 2.